The number of ether oxygens (including phenoxy) is 1. The summed E-state index contributed by atoms with van der Waals surface area (Å²) >= 11 is 0. The molecule has 0 spiro atoms. The summed E-state index contributed by atoms with van der Waals surface area (Å²) in [6.07, 6.45) is 0. The van der Waals surface area contributed by atoms with E-state index in [1.54, 1.807) is 31.3 Å². The van der Waals surface area contributed by atoms with Gasteiger partial charge in [-0.15, -0.1) is 0 Å². The lowest BCUT2D eigenvalue weighted by molar-refractivity contribution is -0.120. The molecule has 0 aromatic heterocycles. The van der Waals surface area contributed by atoms with Gasteiger partial charge in [-0.1, -0.05) is 12.1 Å². The molecule has 0 saturated carbocycles. The second-order valence-electron chi connectivity index (χ2n) is 6.37. The minimum absolute atomic E-state index is 0.0675. The summed E-state index contributed by atoms with van der Waals surface area (Å²) < 4.78 is 32.4. The summed E-state index contributed by atoms with van der Waals surface area (Å²) in [6.45, 7) is 2.20. The number of benzene rings is 2. The second kappa shape index (κ2) is 8.40. The van der Waals surface area contributed by atoms with Crippen LogP contribution in [0.1, 0.15) is 12.5 Å². The lowest BCUT2D eigenvalue weighted by Gasteiger charge is -2.20. The third kappa shape index (κ3) is 3.84. The summed E-state index contributed by atoms with van der Waals surface area (Å²) in [7, 11) is 1.57. The molecule has 0 aliphatic carbocycles. The van der Waals surface area contributed by atoms with Gasteiger partial charge in [-0.3, -0.25) is 9.59 Å². The molecule has 3 rings (SSSR count). The number of carbonyl (C=O) groups is 2. The van der Waals surface area contributed by atoms with Crippen molar-refractivity contribution in [2.75, 3.05) is 31.7 Å². The van der Waals surface area contributed by atoms with Crippen molar-refractivity contribution in [1.29, 1.82) is 0 Å². The van der Waals surface area contributed by atoms with Crippen LogP contribution in [0.15, 0.2) is 48.2 Å². The number of imide groups is 1. The zero-order chi connectivity index (χ0) is 21.1. The van der Waals surface area contributed by atoms with Crippen molar-refractivity contribution in [3.8, 4) is 5.75 Å². The molecule has 0 fully saturated rings. The fraction of sp³-hybridized carbons (Fsp3) is 0.238. The number of carbonyl (C=O) groups excluding carboxylic acids is 2. The van der Waals surface area contributed by atoms with Crippen molar-refractivity contribution in [3.05, 3.63) is 65.4 Å². The van der Waals surface area contributed by atoms with E-state index in [-0.39, 0.29) is 30.1 Å². The smallest absolute Gasteiger partial charge is 0.282 e. The van der Waals surface area contributed by atoms with E-state index in [1.807, 2.05) is 6.92 Å². The van der Waals surface area contributed by atoms with Crippen LogP contribution in [-0.4, -0.2) is 48.6 Å². The van der Waals surface area contributed by atoms with E-state index in [4.69, 9.17) is 4.74 Å². The van der Waals surface area contributed by atoms with E-state index in [9.17, 15) is 23.5 Å². The first-order valence-corrected chi connectivity index (χ1v) is 9.02. The highest BCUT2D eigenvalue weighted by Gasteiger charge is 2.41. The number of likely N-dealkylation sites (N-methyl/N-ethyl adjacent to an activating group) is 1. The zero-order valence-corrected chi connectivity index (χ0v) is 16.0. The summed E-state index contributed by atoms with van der Waals surface area (Å²) in [5, 5.41) is 9.27. The number of hydrogen-bond donors (Lipinski definition) is 1. The van der Waals surface area contributed by atoms with E-state index in [0.717, 1.165) is 17.0 Å². The van der Waals surface area contributed by atoms with Crippen LogP contribution >= 0.6 is 0 Å². The first kappa shape index (κ1) is 20.5. The Bertz CT molecular complexity index is 973. The molecule has 29 heavy (non-hydrogen) atoms. The number of rotatable bonds is 7. The fourth-order valence-electron chi connectivity index (χ4n) is 3.14. The first-order chi connectivity index (χ1) is 13.9. The monoisotopic (exact) mass is 402 g/mol. The molecule has 1 N–H and O–H groups in total. The van der Waals surface area contributed by atoms with Crippen LogP contribution in [0, 0.1) is 11.6 Å². The maximum Gasteiger partial charge on any atom is 0.282 e. The van der Waals surface area contributed by atoms with Gasteiger partial charge < -0.3 is 14.7 Å². The van der Waals surface area contributed by atoms with Gasteiger partial charge in [0.25, 0.3) is 11.8 Å². The molecule has 0 unspecified atom stereocenters. The lowest BCUT2D eigenvalue weighted by Crippen LogP contribution is -2.35. The minimum atomic E-state index is -1.16. The van der Waals surface area contributed by atoms with Crippen LogP contribution in [0.3, 0.4) is 0 Å². The van der Waals surface area contributed by atoms with Crippen LogP contribution in [0.2, 0.25) is 0 Å². The van der Waals surface area contributed by atoms with Crippen molar-refractivity contribution in [2.45, 2.75) is 6.92 Å². The van der Waals surface area contributed by atoms with Gasteiger partial charge in [0.05, 0.1) is 24.5 Å². The number of aliphatic hydroxyl groups excluding tert-OH is 1. The van der Waals surface area contributed by atoms with E-state index < -0.39 is 23.4 Å². The number of anilines is 1. The van der Waals surface area contributed by atoms with Gasteiger partial charge in [-0.05, 0) is 36.8 Å². The van der Waals surface area contributed by atoms with Gasteiger partial charge in [0.1, 0.15) is 11.4 Å². The van der Waals surface area contributed by atoms with Crippen LogP contribution < -0.4 is 9.64 Å². The molecule has 0 bridgehead atoms. The largest absolute Gasteiger partial charge is 0.494 e. The molecule has 2 aromatic rings. The molecule has 0 radical (unpaired) electrons. The normalized spacial score (nSPS) is 14.0. The molecular weight excluding hydrogens is 382 g/mol. The highest BCUT2D eigenvalue weighted by Crippen LogP contribution is 2.35. The van der Waals surface area contributed by atoms with Crippen molar-refractivity contribution in [2.24, 2.45) is 0 Å². The Morgan fingerprint density at radius 2 is 1.72 bits per heavy atom. The van der Waals surface area contributed by atoms with Gasteiger partial charge in [0.2, 0.25) is 0 Å². The summed E-state index contributed by atoms with van der Waals surface area (Å²) in [6, 6.07) is 9.47. The number of amides is 2. The van der Waals surface area contributed by atoms with Gasteiger partial charge in [-0.2, -0.15) is 0 Å². The Balaban J connectivity index is 2.08. The fourth-order valence-corrected chi connectivity index (χ4v) is 3.14. The summed E-state index contributed by atoms with van der Waals surface area (Å²) in [5.41, 5.74) is 0.572. The van der Waals surface area contributed by atoms with E-state index in [1.165, 1.54) is 11.0 Å². The number of hydrogen-bond acceptors (Lipinski definition) is 5. The molecule has 8 heteroatoms. The van der Waals surface area contributed by atoms with Crippen LogP contribution in [0.25, 0.3) is 5.57 Å². The maximum atomic E-state index is 13.7. The van der Waals surface area contributed by atoms with Crippen LogP contribution in [0.5, 0.6) is 5.75 Å². The first-order valence-electron chi connectivity index (χ1n) is 9.02. The second-order valence-corrected chi connectivity index (χ2v) is 6.37. The highest BCUT2D eigenvalue weighted by atomic mass is 19.2. The lowest BCUT2D eigenvalue weighted by atomic mass is 10.0. The topological polar surface area (TPSA) is 70.1 Å². The average molecular weight is 402 g/mol. The van der Waals surface area contributed by atoms with E-state index in [2.05, 4.69) is 0 Å². The molecule has 1 heterocycles. The van der Waals surface area contributed by atoms with Gasteiger partial charge >= 0.3 is 0 Å². The molecule has 0 atom stereocenters. The van der Waals surface area contributed by atoms with E-state index in [0.29, 0.717) is 17.9 Å². The Morgan fingerprint density at radius 3 is 2.31 bits per heavy atom. The quantitative estimate of drug-likeness (QED) is 0.721. The number of aliphatic hydroxyl groups is 1. The Labute approximate surface area is 166 Å². The number of halogens is 2. The van der Waals surface area contributed by atoms with Crippen molar-refractivity contribution < 1.29 is 28.2 Å². The van der Waals surface area contributed by atoms with Crippen molar-refractivity contribution in [3.63, 3.8) is 0 Å². The third-order valence-corrected chi connectivity index (χ3v) is 4.49. The minimum Gasteiger partial charge on any atom is -0.494 e. The Morgan fingerprint density at radius 1 is 1.03 bits per heavy atom. The van der Waals surface area contributed by atoms with Crippen molar-refractivity contribution >= 4 is 23.1 Å². The molecule has 6 nitrogen and oxygen atoms in total. The maximum absolute atomic E-state index is 13.7. The Kier molecular flexibility index (Phi) is 5.93. The highest BCUT2D eigenvalue weighted by molar-refractivity contribution is 6.45. The zero-order valence-electron chi connectivity index (χ0n) is 16.0. The third-order valence-electron chi connectivity index (χ3n) is 4.49. The molecule has 2 aromatic carbocycles. The predicted octanol–water partition coefficient (Wildman–Crippen LogP) is 2.57. The molecule has 2 amide bonds. The number of nitrogens with zero attached hydrogens (tertiary/aromatic N) is 2. The van der Waals surface area contributed by atoms with Crippen LogP contribution in [0.4, 0.5) is 14.5 Å². The van der Waals surface area contributed by atoms with Crippen molar-refractivity contribution in [1.82, 2.24) is 4.90 Å². The van der Waals surface area contributed by atoms with Gasteiger partial charge in [0, 0.05) is 19.7 Å². The Hall–Kier alpha value is -3.26. The standard InChI is InChI=1S/C21H20F2N2O4/c1-3-29-15-7-4-13(5-8-15)18-19(24(2)10-11-26)21(28)25(20(18)27)14-6-9-16(22)17(23)12-14/h4-9,12,26H,3,10-11H2,1-2H3. The van der Waals surface area contributed by atoms with Gasteiger partial charge in [0.15, 0.2) is 11.6 Å². The summed E-state index contributed by atoms with van der Waals surface area (Å²) in [4.78, 5) is 28.5. The molecular formula is C21H20F2N2O4. The molecule has 1 aliphatic heterocycles. The summed E-state index contributed by atoms with van der Waals surface area (Å²) in [5.74, 6) is -2.98. The molecule has 152 valence electrons. The van der Waals surface area contributed by atoms with E-state index >= 15 is 0 Å². The van der Waals surface area contributed by atoms with Crippen LogP contribution in [-0.2, 0) is 9.59 Å². The molecule has 0 saturated heterocycles. The average Bonchev–Trinajstić information content (AvgIpc) is 2.95. The SMILES string of the molecule is CCOc1ccc(C2=C(N(C)CCO)C(=O)N(c3ccc(F)c(F)c3)C2=O)cc1. The molecule has 1 aliphatic rings. The predicted molar refractivity (Wildman–Crippen MR) is 103 cm³/mol. The van der Waals surface area contributed by atoms with Gasteiger partial charge in [-0.25, -0.2) is 13.7 Å².